The van der Waals surface area contributed by atoms with Crippen LogP contribution in [0.2, 0.25) is 5.02 Å². The molecule has 2 aromatic rings. The van der Waals surface area contributed by atoms with Crippen LogP contribution in [0.4, 0.5) is 13.2 Å². The molecular weight excluding hydrogens is 391 g/mol. The van der Waals surface area contributed by atoms with Gasteiger partial charge in [-0.1, -0.05) is 21.9 Å². The van der Waals surface area contributed by atoms with Crippen molar-refractivity contribution in [2.45, 2.75) is 44.1 Å². The molecule has 0 bridgehead atoms. The maximum atomic E-state index is 12.4. The minimum absolute atomic E-state index is 0.0506. The maximum Gasteiger partial charge on any atom is 0.573 e. The molecule has 1 fully saturated rings. The number of rotatable bonds is 5. The van der Waals surface area contributed by atoms with Crippen LogP contribution in [0.15, 0.2) is 18.2 Å². The molecule has 11 heteroatoms. The van der Waals surface area contributed by atoms with Gasteiger partial charge in [0.1, 0.15) is 11.9 Å². The monoisotopic (exact) mass is 405 g/mol. The molecule has 1 aliphatic carbocycles. The minimum Gasteiger partial charge on any atom is -0.476 e. The number of benzene rings is 1. The van der Waals surface area contributed by atoms with E-state index in [4.69, 9.17) is 21.4 Å². The van der Waals surface area contributed by atoms with Crippen molar-refractivity contribution in [2.24, 2.45) is 0 Å². The SMILES string of the molecule is O=C(O)c1[nH]nnc1O[C@H]1CC[C@H](c2cc(OC(F)(F)F)ccc2Cl)CC1. The number of halogens is 4. The van der Waals surface area contributed by atoms with Gasteiger partial charge >= 0.3 is 12.3 Å². The van der Waals surface area contributed by atoms with Crippen LogP contribution in [0.1, 0.15) is 47.7 Å². The van der Waals surface area contributed by atoms with Crippen molar-refractivity contribution in [2.75, 3.05) is 0 Å². The number of ether oxygens (including phenoxy) is 2. The number of aromatic amines is 1. The lowest BCUT2D eigenvalue weighted by atomic mass is 9.82. The minimum atomic E-state index is -4.77. The molecule has 0 atom stereocenters. The van der Waals surface area contributed by atoms with Crippen LogP contribution in [0.3, 0.4) is 0 Å². The summed E-state index contributed by atoms with van der Waals surface area (Å²) < 4.78 is 46.8. The van der Waals surface area contributed by atoms with Gasteiger partial charge in [-0.05, 0) is 55.4 Å². The number of carbonyl (C=O) groups is 1. The molecular formula is C16H15ClF3N3O4. The number of aromatic nitrogens is 3. The first-order valence-electron chi connectivity index (χ1n) is 8.09. The summed E-state index contributed by atoms with van der Waals surface area (Å²) in [6, 6.07) is 3.86. The summed E-state index contributed by atoms with van der Waals surface area (Å²) in [6.07, 6.45) is -2.68. The van der Waals surface area contributed by atoms with E-state index in [1.54, 1.807) is 0 Å². The van der Waals surface area contributed by atoms with Crippen molar-refractivity contribution in [1.82, 2.24) is 15.4 Å². The second kappa shape index (κ2) is 7.63. The van der Waals surface area contributed by atoms with Crippen LogP contribution < -0.4 is 9.47 Å². The van der Waals surface area contributed by atoms with Gasteiger partial charge in [0.15, 0.2) is 0 Å². The quantitative estimate of drug-likeness (QED) is 0.775. The van der Waals surface area contributed by atoms with Crippen LogP contribution in [0.25, 0.3) is 0 Å². The summed E-state index contributed by atoms with van der Waals surface area (Å²) in [4.78, 5) is 11.0. The van der Waals surface area contributed by atoms with Gasteiger partial charge in [-0.25, -0.2) is 9.89 Å². The first-order chi connectivity index (χ1) is 12.7. The van der Waals surface area contributed by atoms with Crippen LogP contribution >= 0.6 is 11.6 Å². The number of H-pyrrole nitrogens is 1. The molecule has 0 spiro atoms. The Morgan fingerprint density at radius 2 is 1.96 bits per heavy atom. The Balaban J connectivity index is 1.64. The summed E-state index contributed by atoms with van der Waals surface area (Å²) in [5.41, 5.74) is 0.363. The average molecular weight is 406 g/mol. The van der Waals surface area contributed by atoms with Gasteiger partial charge < -0.3 is 14.6 Å². The van der Waals surface area contributed by atoms with E-state index in [1.807, 2.05) is 0 Å². The van der Waals surface area contributed by atoms with E-state index in [2.05, 4.69) is 20.1 Å². The van der Waals surface area contributed by atoms with Crippen molar-refractivity contribution in [3.8, 4) is 11.6 Å². The van der Waals surface area contributed by atoms with Crippen LogP contribution in [0, 0.1) is 0 Å². The molecule has 0 radical (unpaired) electrons. The van der Waals surface area contributed by atoms with E-state index < -0.39 is 12.3 Å². The molecule has 7 nitrogen and oxygen atoms in total. The number of hydrogen-bond acceptors (Lipinski definition) is 5. The summed E-state index contributed by atoms with van der Waals surface area (Å²) in [6.45, 7) is 0. The van der Waals surface area contributed by atoms with E-state index in [0.29, 0.717) is 36.3 Å². The fourth-order valence-electron chi connectivity index (χ4n) is 3.12. The first-order valence-corrected chi connectivity index (χ1v) is 8.47. The molecule has 146 valence electrons. The fraction of sp³-hybridized carbons (Fsp3) is 0.438. The molecule has 0 aliphatic heterocycles. The molecule has 1 aliphatic rings. The molecule has 3 rings (SSSR count). The maximum absolute atomic E-state index is 12.4. The van der Waals surface area contributed by atoms with Gasteiger partial charge in [-0.3, -0.25) is 0 Å². The summed E-state index contributed by atoms with van der Waals surface area (Å²) >= 11 is 6.15. The van der Waals surface area contributed by atoms with Crippen molar-refractivity contribution in [1.29, 1.82) is 0 Å². The molecule has 0 saturated heterocycles. The topological polar surface area (TPSA) is 97.3 Å². The highest BCUT2D eigenvalue weighted by Gasteiger charge is 2.32. The first kappa shape index (κ1) is 19.3. The molecule has 27 heavy (non-hydrogen) atoms. The van der Waals surface area contributed by atoms with E-state index in [0.717, 1.165) is 0 Å². The largest absolute Gasteiger partial charge is 0.573 e. The van der Waals surface area contributed by atoms with Crippen molar-refractivity contribution in [3.05, 3.63) is 34.5 Å². The smallest absolute Gasteiger partial charge is 0.476 e. The Morgan fingerprint density at radius 1 is 1.26 bits per heavy atom. The standard InChI is InChI=1S/C16H15ClF3N3O4/c17-12-6-5-10(27-16(18,19)20)7-11(12)8-1-3-9(4-2-8)26-14-13(15(24)25)21-23-22-14/h5-9H,1-4H2,(H,24,25)(H,21,22,23)/t8-,9-. The summed E-state index contributed by atoms with van der Waals surface area (Å²) in [5.74, 6) is -1.67. The molecule has 0 unspecified atom stereocenters. The van der Waals surface area contributed by atoms with Crippen LogP contribution in [-0.2, 0) is 0 Å². The zero-order chi connectivity index (χ0) is 19.6. The third kappa shape index (κ3) is 4.82. The zero-order valence-electron chi connectivity index (χ0n) is 13.8. The van der Waals surface area contributed by atoms with E-state index in [9.17, 15) is 18.0 Å². The number of nitrogens with zero attached hydrogens (tertiary/aromatic N) is 2. The second-order valence-corrected chi connectivity index (χ2v) is 6.53. The molecule has 1 aromatic heterocycles. The third-order valence-corrected chi connectivity index (χ3v) is 4.67. The Hall–Kier alpha value is -2.49. The zero-order valence-corrected chi connectivity index (χ0v) is 14.5. The molecule has 1 saturated carbocycles. The normalized spacial score (nSPS) is 20.3. The number of aromatic carboxylic acids is 1. The van der Waals surface area contributed by atoms with Crippen molar-refractivity contribution in [3.63, 3.8) is 0 Å². The highest BCUT2D eigenvalue weighted by molar-refractivity contribution is 6.31. The highest BCUT2D eigenvalue weighted by Crippen LogP contribution is 2.39. The van der Waals surface area contributed by atoms with Crippen LogP contribution in [-0.4, -0.2) is 39.0 Å². The lowest BCUT2D eigenvalue weighted by molar-refractivity contribution is -0.274. The van der Waals surface area contributed by atoms with Gasteiger partial charge in [-0.2, -0.15) is 0 Å². The number of alkyl halides is 3. The van der Waals surface area contributed by atoms with Gasteiger partial charge in [0.25, 0.3) is 5.88 Å². The van der Waals surface area contributed by atoms with Crippen molar-refractivity contribution < 1.29 is 32.5 Å². The van der Waals surface area contributed by atoms with Gasteiger partial charge in [0, 0.05) is 5.02 Å². The fourth-order valence-corrected chi connectivity index (χ4v) is 3.39. The number of hydrogen-bond donors (Lipinski definition) is 2. The Bertz CT molecular complexity index is 819. The Morgan fingerprint density at radius 3 is 2.59 bits per heavy atom. The third-order valence-electron chi connectivity index (χ3n) is 4.32. The molecule has 0 amide bonds. The second-order valence-electron chi connectivity index (χ2n) is 6.12. The van der Waals surface area contributed by atoms with Gasteiger partial charge in [0.05, 0.1) is 0 Å². The number of carboxylic acids is 1. The predicted octanol–water partition coefficient (Wildman–Crippen LogP) is 4.16. The summed E-state index contributed by atoms with van der Waals surface area (Å²) in [7, 11) is 0. The number of nitrogens with one attached hydrogen (secondary N) is 1. The van der Waals surface area contributed by atoms with Crippen LogP contribution in [0.5, 0.6) is 11.6 Å². The van der Waals surface area contributed by atoms with E-state index in [1.165, 1.54) is 18.2 Å². The van der Waals surface area contributed by atoms with Crippen molar-refractivity contribution >= 4 is 17.6 Å². The highest BCUT2D eigenvalue weighted by atomic mass is 35.5. The average Bonchev–Trinajstić information content (AvgIpc) is 3.05. The molecule has 1 heterocycles. The van der Waals surface area contributed by atoms with E-state index in [-0.39, 0.29) is 29.3 Å². The lowest BCUT2D eigenvalue weighted by Crippen LogP contribution is -2.24. The number of carboxylic acid groups (broad SMARTS) is 1. The van der Waals surface area contributed by atoms with E-state index >= 15 is 0 Å². The Kier molecular flexibility index (Phi) is 5.45. The Labute approximate surface area is 156 Å². The lowest BCUT2D eigenvalue weighted by Gasteiger charge is -2.29. The van der Waals surface area contributed by atoms with Gasteiger partial charge in [0.2, 0.25) is 5.69 Å². The molecule has 2 N–H and O–H groups in total. The molecule has 1 aromatic carbocycles. The summed E-state index contributed by atoms with van der Waals surface area (Å²) in [5, 5.41) is 18.7. The predicted molar refractivity (Wildman–Crippen MR) is 87.1 cm³/mol. The van der Waals surface area contributed by atoms with Gasteiger partial charge in [-0.15, -0.1) is 13.2 Å².